The highest BCUT2D eigenvalue weighted by molar-refractivity contribution is 5.91. The van der Waals surface area contributed by atoms with Crippen molar-refractivity contribution in [3.8, 4) is 0 Å². The summed E-state index contributed by atoms with van der Waals surface area (Å²) >= 11 is 0. The molecule has 1 unspecified atom stereocenters. The van der Waals surface area contributed by atoms with Gasteiger partial charge >= 0.3 is 0 Å². The van der Waals surface area contributed by atoms with Crippen LogP contribution in [0.1, 0.15) is 29.8 Å². The maximum atomic E-state index is 12.2. The molecule has 0 aromatic carbocycles. The van der Waals surface area contributed by atoms with E-state index in [0.29, 0.717) is 11.7 Å². The van der Waals surface area contributed by atoms with Crippen LogP contribution in [-0.2, 0) is 0 Å². The maximum Gasteiger partial charge on any atom is 0.274 e. The van der Waals surface area contributed by atoms with E-state index in [4.69, 9.17) is 0 Å². The van der Waals surface area contributed by atoms with Crippen molar-refractivity contribution in [3.05, 3.63) is 24.3 Å². The molecule has 0 bridgehead atoms. The first-order chi connectivity index (χ1) is 8.29. The van der Waals surface area contributed by atoms with Crippen LogP contribution < -0.4 is 5.32 Å². The van der Waals surface area contributed by atoms with Crippen molar-refractivity contribution in [3.63, 3.8) is 0 Å². The van der Waals surface area contributed by atoms with E-state index in [1.165, 1.54) is 6.20 Å². The van der Waals surface area contributed by atoms with Gasteiger partial charge in [-0.15, -0.1) is 0 Å². The lowest BCUT2D eigenvalue weighted by atomic mass is 10.1. The molecular weight excluding hydrogens is 216 g/mol. The lowest BCUT2D eigenvalue weighted by Crippen LogP contribution is -2.38. The highest BCUT2D eigenvalue weighted by Gasteiger charge is 2.22. The van der Waals surface area contributed by atoms with Crippen LogP contribution >= 0.6 is 0 Å². The number of rotatable bonds is 2. The molecule has 17 heavy (non-hydrogen) atoms. The van der Waals surface area contributed by atoms with Crippen LogP contribution in [0.15, 0.2) is 18.6 Å². The predicted molar refractivity (Wildman–Crippen MR) is 64.6 cm³/mol. The molecular formula is C12H18N4O. The standard InChI is InChI=1S/C12H18N4O/c1-16(10-3-2-5-13-6-4-10)12(17)11-9-14-7-8-15-11/h7-10,13H,2-6H2,1H3. The quantitative estimate of drug-likeness (QED) is 0.818. The summed E-state index contributed by atoms with van der Waals surface area (Å²) in [5.41, 5.74) is 0.423. The molecule has 1 N–H and O–H groups in total. The Balaban J connectivity index is 2.03. The van der Waals surface area contributed by atoms with E-state index in [1.54, 1.807) is 17.3 Å². The zero-order valence-corrected chi connectivity index (χ0v) is 10.1. The van der Waals surface area contributed by atoms with Crippen LogP contribution in [0, 0.1) is 0 Å². The number of carbonyl (C=O) groups excluding carboxylic acids is 1. The average molecular weight is 234 g/mol. The van der Waals surface area contributed by atoms with E-state index in [1.807, 2.05) is 7.05 Å². The number of carbonyl (C=O) groups is 1. The fourth-order valence-corrected chi connectivity index (χ4v) is 2.14. The molecule has 0 spiro atoms. The number of aromatic nitrogens is 2. The smallest absolute Gasteiger partial charge is 0.274 e. The van der Waals surface area contributed by atoms with Crippen molar-refractivity contribution >= 4 is 5.91 Å². The van der Waals surface area contributed by atoms with Crippen molar-refractivity contribution in [2.24, 2.45) is 0 Å². The Kier molecular flexibility index (Phi) is 4.03. The summed E-state index contributed by atoms with van der Waals surface area (Å²) in [6.07, 6.45) is 7.82. The molecule has 1 aromatic heterocycles. The van der Waals surface area contributed by atoms with Gasteiger partial charge in [0.2, 0.25) is 0 Å². The molecule has 0 radical (unpaired) electrons. The summed E-state index contributed by atoms with van der Waals surface area (Å²) in [5, 5.41) is 3.34. The minimum Gasteiger partial charge on any atom is -0.337 e. The summed E-state index contributed by atoms with van der Waals surface area (Å²) in [6, 6.07) is 0.305. The molecule has 5 heteroatoms. The van der Waals surface area contributed by atoms with E-state index in [9.17, 15) is 4.79 Å². The molecule has 0 aliphatic carbocycles. The van der Waals surface area contributed by atoms with Crippen LogP contribution in [0.4, 0.5) is 0 Å². The highest BCUT2D eigenvalue weighted by Crippen LogP contribution is 2.13. The molecule has 1 aromatic rings. The van der Waals surface area contributed by atoms with Gasteiger partial charge in [-0.25, -0.2) is 4.98 Å². The third-order valence-corrected chi connectivity index (χ3v) is 3.20. The number of nitrogens with zero attached hydrogens (tertiary/aromatic N) is 3. The molecule has 1 atom stereocenters. The van der Waals surface area contributed by atoms with Crippen molar-refractivity contribution in [2.75, 3.05) is 20.1 Å². The summed E-state index contributed by atoms with van der Waals surface area (Å²) in [5.74, 6) is -0.0370. The van der Waals surface area contributed by atoms with E-state index in [2.05, 4.69) is 15.3 Å². The molecule has 2 heterocycles. The van der Waals surface area contributed by atoms with Crippen LogP contribution in [0.5, 0.6) is 0 Å². The van der Waals surface area contributed by atoms with Crippen molar-refractivity contribution in [1.82, 2.24) is 20.2 Å². The Morgan fingerprint density at radius 3 is 3.06 bits per heavy atom. The number of nitrogens with one attached hydrogen (secondary N) is 1. The van der Waals surface area contributed by atoms with Gasteiger partial charge in [0.05, 0.1) is 6.20 Å². The van der Waals surface area contributed by atoms with Crippen molar-refractivity contribution in [2.45, 2.75) is 25.3 Å². The van der Waals surface area contributed by atoms with E-state index in [0.717, 1.165) is 32.4 Å². The molecule has 1 amide bonds. The van der Waals surface area contributed by atoms with Crippen LogP contribution in [0.2, 0.25) is 0 Å². The molecule has 1 fully saturated rings. The lowest BCUT2D eigenvalue weighted by molar-refractivity contribution is 0.0714. The Hall–Kier alpha value is -1.49. The highest BCUT2D eigenvalue weighted by atomic mass is 16.2. The first-order valence-corrected chi connectivity index (χ1v) is 6.03. The summed E-state index contributed by atoms with van der Waals surface area (Å²) in [7, 11) is 1.85. The summed E-state index contributed by atoms with van der Waals surface area (Å²) < 4.78 is 0. The lowest BCUT2D eigenvalue weighted by Gasteiger charge is -2.26. The molecule has 2 rings (SSSR count). The van der Waals surface area contributed by atoms with Crippen molar-refractivity contribution in [1.29, 1.82) is 0 Å². The predicted octanol–water partition coefficient (Wildman–Crippen LogP) is 0.691. The van der Waals surface area contributed by atoms with Gasteiger partial charge < -0.3 is 10.2 Å². The van der Waals surface area contributed by atoms with E-state index >= 15 is 0 Å². The van der Waals surface area contributed by atoms with Gasteiger partial charge in [0.15, 0.2) is 0 Å². The minimum absolute atomic E-state index is 0.0370. The van der Waals surface area contributed by atoms with Gasteiger partial charge in [-0.05, 0) is 32.4 Å². The third kappa shape index (κ3) is 3.00. The van der Waals surface area contributed by atoms with Crippen LogP contribution in [-0.4, -0.2) is 47.0 Å². The van der Waals surface area contributed by atoms with Crippen molar-refractivity contribution < 1.29 is 4.79 Å². The van der Waals surface area contributed by atoms with Gasteiger partial charge in [-0.3, -0.25) is 9.78 Å². The Labute approximate surface area is 101 Å². The summed E-state index contributed by atoms with van der Waals surface area (Å²) in [6.45, 7) is 2.02. The normalized spacial score (nSPS) is 20.6. The molecule has 92 valence electrons. The molecule has 0 saturated carbocycles. The van der Waals surface area contributed by atoms with Gasteiger partial charge in [-0.1, -0.05) is 0 Å². The number of hydrogen-bond acceptors (Lipinski definition) is 4. The van der Waals surface area contributed by atoms with Gasteiger partial charge in [0, 0.05) is 25.5 Å². The molecule has 1 aliphatic heterocycles. The second-order valence-electron chi connectivity index (χ2n) is 4.34. The minimum atomic E-state index is -0.0370. The third-order valence-electron chi connectivity index (χ3n) is 3.20. The zero-order chi connectivity index (χ0) is 12.1. The largest absolute Gasteiger partial charge is 0.337 e. The number of hydrogen-bond donors (Lipinski definition) is 1. The second kappa shape index (κ2) is 5.72. The Morgan fingerprint density at radius 1 is 1.41 bits per heavy atom. The monoisotopic (exact) mass is 234 g/mol. The van der Waals surface area contributed by atoms with Gasteiger partial charge in [-0.2, -0.15) is 0 Å². The van der Waals surface area contributed by atoms with E-state index in [-0.39, 0.29) is 5.91 Å². The fraction of sp³-hybridized carbons (Fsp3) is 0.583. The van der Waals surface area contributed by atoms with Gasteiger partial charge in [0.1, 0.15) is 5.69 Å². The molecule has 5 nitrogen and oxygen atoms in total. The SMILES string of the molecule is CN(C(=O)c1cnccn1)C1CCCNCC1. The first-order valence-electron chi connectivity index (χ1n) is 6.03. The summed E-state index contributed by atoms with van der Waals surface area (Å²) in [4.78, 5) is 21.9. The fourth-order valence-electron chi connectivity index (χ4n) is 2.14. The zero-order valence-electron chi connectivity index (χ0n) is 10.1. The van der Waals surface area contributed by atoms with Crippen LogP contribution in [0.25, 0.3) is 0 Å². The number of amides is 1. The van der Waals surface area contributed by atoms with Crippen LogP contribution in [0.3, 0.4) is 0 Å². The Bertz CT molecular complexity index is 360. The first kappa shape index (κ1) is 12.0. The average Bonchev–Trinajstić information content (AvgIpc) is 2.67. The molecule has 1 aliphatic rings. The van der Waals surface area contributed by atoms with Gasteiger partial charge in [0.25, 0.3) is 5.91 Å². The second-order valence-corrected chi connectivity index (χ2v) is 4.34. The molecule has 1 saturated heterocycles. The maximum absolute atomic E-state index is 12.2. The topological polar surface area (TPSA) is 58.1 Å². The van der Waals surface area contributed by atoms with E-state index < -0.39 is 0 Å². The Morgan fingerprint density at radius 2 is 2.29 bits per heavy atom.